The highest BCUT2D eigenvalue weighted by molar-refractivity contribution is 5.03. The molecule has 1 heteroatoms. The molecule has 2 rings (SSSR count). The van der Waals surface area contributed by atoms with Crippen molar-refractivity contribution in [2.75, 3.05) is 0 Å². The molecule has 1 nitrogen and oxygen atoms in total. The summed E-state index contributed by atoms with van der Waals surface area (Å²) in [5.74, 6) is 0.968. The normalized spacial score (nSPS) is 30.9. The number of nitrogens with two attached hydrogens (primary N) is 1. The molecule has 0 radical (unpaired) electrons. The average molecular weight is 181 g/mol. The lowest BCUT2D eigenvalue weighted by molar-refractivity contribution is 0.237. The Bertz CT molecular complexity index is 162. The second-order valence-corrected chi connectivity index (χ2v) is 5.21. The van der Waals surface area contributed by atoms with Crippen LogP contribution in [-0.4, -0.2) is 6.04 Å². The molecule has 0 heterocycles. The highest BCUT2D eigenvalue weighted by atomic mass is 14.7. The zero-order valence-corrected chi connectivity index (χ0v) is 8.89. The molecular formula is C12H23N. The largest absolute Gasteiger partial charge is 0.327 e. The third kappa shape index (κ3) is 1.76. The Morgan fingerprint density at radius 2 is 1.62 bits per heavy atom. The van der Waals surface area contributed by atoms with Crippen LogP contribution in [0.4, 0.5) is 0 Å². The van der Waals surface area contributed by atoms with E-state index in [0.29, 0.717) is 11.5 Å². The zero-order valence-electron chi connectivity index (χ0n) is 8.89. The minimum absolute atomic E-state index is 0.440. The van der Waals surface area contributed by atoms with Crippen molar-refractivity contribution < 1.29 is 0 Å². The van der Waals surface area contributed by atoms with Gasteiger partial charge in [0, 0.05) is 6.04 Å². The van der Waals surface area contributed by atoms with Gasteiger partial charge < -0.3 is 5.73 Å². The monoisotopic (exact) mass is 181 g/mol. The molecule has 1 unspecified atom stereocenters. The molecular weight excluding hydrogens is 158 g/mol. The van der Waals surface area contributed by atoms with Crippen LogP contribution in [0.3, 0.4) is 0 Å². The Balaban J connectivity index is 1.98. The molecule has 0 aliphatic heterocycles. The molecule has 0 amide bonds. The van der Waals surface area contributed by atoms with Gasteiger partial charge in [-0.2, -0.15) is 0 Å². The SMILES string of the molecule is CC(N)C1(C2CCCCCC2)CC1. The van der Waals surface area contributed by atoms with Crippen molar-refractivity contribution in [3.05, 3.63) is 0 Å². The van der Waals surface area contributed by atoms with E-state index in [1.54, 1.807) is 0 Å². The third-order valence-corrected chi connectivity index (χ3v) is 4.40. The molecule has 0 saturated heterocycles. The summed E-state index contributed by atoms with van der Waals surface area (Å²) < 4.78 is 0. The van der Waals surface area contributed by atoms with Crippen LogP contribution in [0.15, 0.2) is 0 Å². The highest BCUT2D eigenvalue weighted by Crippen LogP contribution is 2.57. The Kier molecular flexibility index (Phi) is 2.64. The second kappa shape index (κ2) is 3.61. The lowest BCUT2D eigenvalue weighted by Gasteiger charge is -2.29. The fourth-order valence-corrected chi connectivity index (χ4v) is 3.23. The van der Waals surface area contributed by atoms with Crippen molar-refractivity contribution in [2.24, 2.45) is 17.1 Å². The second-order valence-electron chi connectivity index (χ2n) is 5.21. The van der Waals surface area contributed by atoms with Gasteiger partial charge in [0.05, 0.1) is 0 Å². The Morgan fingerprint density at radius 1 is 1.08 bits per heavy atom. The van der Waals surface area contributed by atoms with Gasteiger partial charge in [-0.15, -0.1) is 0 Å². The summed E-state index contributed by atoms with van der Waals surface area (Å²) in [6.45, 7) is 2.22. The van der Waals surface area contributed by atoms with Gasteiger partial charge in [0.25, 0.3) is 0 Å². The quantitative estimate of drug-likeness (QED) is 0.651. The van der Waals surface area contributed by atoms with E-state index in [1.807, 2.05) is 0 Å². The maximum Gasteiger partial charge on any atom is 0.00696 e. The number of rotatable bonds is 2. The van der Waals surface area contributed by atoms with E-state index in [9.17, 15) is 0 Å². The summed E-state index contributed by atoms with van der Waals surface area (Å²) in [6.07, 6.45) is 11.6. The fraction of sp³-hybridized carbons (Fsp3) is 1.00. The Labute approximate surface area is 82.1 Å². The van der Waals surface area contributed by atoms with Crippen LogP contribution in [0.1, 0.15) is 58.3 Å². The summed E-state index contributed by atoms with van der Waals surface area (Å²) in [6, 6.07) is 0.440. The van der Waals surface area contributed by atoms with Gasteiger partial charge in [0.1, 0.15) is 0 Å². The van der Waals surface area contributed by atoms with Crippen LogP contribution in [0, 0.1) is 11.3 Å². The molecule has 0 spiro atoms. The first kappa shape index (κ1) is 9.51. The minimum Gasteiger partial charge on any atom is -0.327 e. The van der Waals surface area contributed by atoms with E-state index in [2.05, 4.69) is 6.92 Å². The molecule has 2 N–H and O–H groups in total. The van der Waals surface area contributed by atoms with Crippen molar-refractivity contribution in [1.29, 1.82) is 0 Å². The van der Waals surface area contributed by atoms with Gasteiger partial charge in [-0.05, 0) is 43.9 Å². The average Bonchev–Trinajstić information content (AvgIpc) is 2.90. The summed E-state index contributed by atoms with van der Waals surface area (Å²) in [7, 11) is 0. The highest BCUT2D eigenvalue weighted by Gasteiger charge is 2.51. The van der Waals surface area contributed by atoms with E-state index in [4.69, 9.17) is 5.73 Å². The van der Waals surface area contributed by atoms with Crippen molar-refractivity contribution in [3.8, 4) is 0 Å². The Morgan fingerprint density at radius 3 is 2.00 bits per heavy atom. The van der Waals surface area contributed by atoms with E-state index in [0.717, 1.165) is 5.92 Å². The van der Waals surface area contributed by atoms with Gasteiger partial charge in [0.2, 0.25) is 0 Å². The topological polar surface area (TPSA) is 26.0 Å². The summed E-state index contributed by atoms with van der Waals surface area (Å²) in [5, 5.41) is 0. The number of hydrogen-bond donors (Lipinski definition) is 1. The predicted octanol–water partition coefficient (Wildman–Crippen LogP) is 3.08. The van der Waals surface area contributed by atoms with Crippen LogP contribution < -0.4 is 5.73 Å². The molecule has 0 aromatic carbocycles. The minimum atomic E-state index is 0.440. The smallest absolute Gasteiger partial charge is 0.00696 e. The molecule has 2 fully saturated rings. The molecule has 2 saturated carbocycles. The van der Waals surface area contributed by atoms with Gasteiger partial charge in [-0.25, -0.2) is 0 Å². The van der Waals surface area contributed by atoms with Crippen LogP contribution in [0.5, 0.6) is 0 Å². The maximum absolute atomic E-state index is 6.11. The van der Waals surface area contributed by atoms with Crippen molar-refractivity contribution in [1.82, 2.24) is 0 Å². The van der Waals surface area contributed by atoms with Crippen LogP contribution in [0.2, 0.25) is 0 Å². The molecule has 13 heavy (non-hydrogen) atoms. The van der Waals surface area contributed by atoms with E-state index in [-0.39, 0.29) is 0 Å². The maximum atomic E-state index is 6.11. The first-order valence-corrected chi connectivity index (χ1v) is 6.01. The Hall–Kier alpha value is -0.0400. The molecule has 2 aliphatic rings. The van der Waals surface area contributed by atoms with Crippen LogP contribution in [-0.2, 0) is 0 Å². The van der Waals surface area contributed by atoms with Gasteiger partial charge in [0.15, 0.2) is 0 Å². The molecule has 0 bridgehead atoms. The lowest BCUT2D eigenvalue weighted by atomic mass is 9.79. The van der Waals surface area contributed by atoms with Crippen molar-refractivity contribution in [3.63, 3.8) is 0 Å². The van der Waals surface area contributed by atoms with E-state index < -0.39 is 0 Å². The third-order valence-electron chi connectivity index (χ3n) is 4.40. The zero-order chi connectivity index (χ0) is 9.31. The molecule has 2 aliphatic carbocycles. The van der Waals surface area contributed by atoms with Crippen LogP contribution in [0.25, 0.3) is 0 Å². The van der Waals surface area contributed by atoms with E-state index in [1.165, 1.54) is 51.4 Å². The van der Waals surface area contributed by atoms with Crippen LogP contribution >= 0.6 is 0 Å². The predicted molar refractivity (Wildman–Crippen MR) is 56.5 cm³/mol. The van der Waals surface area contributed by atoms with Gasteiger partial charge >= 0.3 is 0 Å². The lowest BCUT2D eigenvalue weighted by Crippen LogP contribution is -2.34. The molecule has 76 valence electrons. The first-order chi connectivity index (χ1) is 6.26. The summed E-state index contributed by atoms with van der Waals surface area (Å²) in [4.78, 5) is 0. The van der Waals surface area contributed by atoms with Gasteiger partial charge in [-0.1, -0.05) is 25.7 Å². The molecule has 0 aromatic heterocycles. The van der Waals surface area contributed by atoms with Gasteiger partial charge in [-0.3, -0.25) is 0 Å². The summed E-state index contributed by atoms with van der Waals surface area (Å²) in [5.41, 5.74) is 6.70. The fourth-order valence-electron chi connectivity index (χ4n) is 3.23. The number of hydrogen-bond acceptors (Lipinski definition) is 1. The molecule has 0 aromatic rings. The van der Waals surface area contributed by atoms with Crippen molar-refractivity contribution in [2.45, 2.75) is 64.3 Å². The summed E-state index contributed by atoms with van der Waals surface area (Å²) >= 11 is 0. The standard InChI is InChI=1S/C12H23N/c1-10(13)12(8-9-12)11-6-4-2-3-5-7-11/h10-11H,2-9,13H2,1H3. The van der Waals surface area contributed by atoms with E-state index >= 15 is 0 Å². The van der Waals surface area contributed by atoms with Crippen molar-refractivity contribution >= 4 is 0 Å². The molecule has 1 atom stereocenters. The first-order valence-electron chi connectivity index (χ1n) is 6.01.